The first-order valence-electron chi connectivity index (χ1n) is 7.58. The fraction of sp³-hybridized carbons (Fsp3) is 0.235. The number of amides is 2. The third-order valence-corrected chi connectivity index (χ3v) is 4.02. The molecule has 1 aromatic heterocycles. The number of carbonyl (C=O) groups is 2. The monoisotopic (exact) mass is 349 g/mol. The number of hydrogen-bond donors (Lipinski definition) is 1. The average Bonchev–Trinajstić information content (AvgIpc) is 3.00. The molecule has 25 heavy (non-hydrogen) atoms. The molecule has 2 aromatic rings. The molecule has 130 valence electrons. The highest BCUT2D eigenvalue weighted by molar-refractivity contribution is 6.00. The van der Waals surface area contributed by atoms with Gasteiger partial charge in [0.2, 0.25) is 11.8 Å². The molecule has 1 saturated heterocycles. The van der Waals surface area contributed by atoms with Crippen molar-refractivity contribution in [2.75, 3.05) is 11.4 Å². The number of anilines is 1. The van der Waals surface area contributed by atoms with Crippen LogP contribution in [0.5, 0.6) is 0 Å². The summed E-state index contributed by atoms with van der Waals surface area (Å²) in [5.74, 6) is -5.99. The van der Waals surface area contributed by atoms with E-state index in [1.807, 2.05) is 0 Å². The van der Waals surface area contributed by atoms with Gasteiger partial charge in [-0.05, 0) is 29.8 Å². The lowest BCUT2D eigenvalue weighted by Crippen LogP contribution is -2.33. The van der Waals surface area contributed by atoms with Crippen LogP contribution in [0.4, 0.5) is 18.9 Å². The van der Waals surface area contributed by atoms with Crippen molar-refractivity contribution in [2.24, 2.45) is 5.92 Å². The number of benzene rings is 1. The van der Waals surface area contributed by atoms with Gasteiger partial charge in [-0.1, -0.05) is 0 Å². The Morgan fingerprint density at radius 1 is 1.16 bits per heavy atom. The number of nitrogens with zero attached hydrogens (tertiary/aromatic N) is 2. The molecule has 0 saturated carbocycles. The molecule has 0 bridgehead atoms. The summed E-state index contributed by atoms with van der Waals surface area (Å²) in [6.07, 6.45) is 3.06. The molecule has 1 aliphatic rings. The lowest BCUT2D eigenvalue weighted by Gasteiger charge is -2.17. The van der Waals surface area contributed by atoms with Gasteiger partial charge in [0.15, 0.2) is 17.5 Å². The minimum Gasteiger partial charge on any atom is -0.352 e. The van der Waals surface area contributed by atoms with E-state index in [1.165, 1.54) is 0 Å². The Morgan fingerprint density at radius 2 is 1.88 bits per heavy atom. The van der Waals surface area contributed by atoms with Crippen LogP contribution in [0.1, 0.15) is 12.0 Å². The summed E-state index contributed by atoms with van der Waals surface area (Å²) in [4.78, 5) is 29.1. The fourth-order valence-corrected chi connectivity index (χ4v) is 2.67. The second kappa shape index (κ2) is 6.92. The van der Waals surface area contributed by atoms with Crippen molar-refractivity contribution in [2.45, 2.75) is 13.0 Å². The predicted molar refractivity (Wildman–Crippen MR) is 82.9 cm³/mol. The Kier molecular flexibility index (Phi) is 4.69. The van der Waals surface area contributed by atoms with Gasteiger partial charge in [0, 0.05) is 31.9 Å². The number of hydrogen-bond acceptors (Lipinski definition) is 3. The average molecular weight is 349 g/mol. The molecule has 1 aliphatic heterocycles. The summed E-state index contributed by atoms with van der Waals surface area (Å²) in [5, 5.41) is 2.70. The van der Waals surface area contributed by atoms with E-state index < -0.39 is 29.3 Å². The minimum atomic E-state index is -1.64. The Morgan fingerprint density at radius 3 is 2.60 bits per heavy atom. The number of carbonyl (C=O) groups excluding carboxylic acids is 2. The second-order valence-electron chi connectivity index (χ2n) is 5.67. The molecule has 2 amide bonds. The predicted octanol–water partition coefficient (Wildman–Crippen LogP) is 2.17. The van der Waals surface area contributed by atoms with Crippen LogP contribution in [-0.4, -0.2) is 23.3 Å². The maximum absolute atomic E-state index is 13.9. The van der Waals surface area contributed by atoms with Crippen molar-refractivity contribution in [3.05, 3.63) is 59.7 Å². The van der Waals surface area contributed by atoms with Gasteiger partial charge in [0.25, 0.3) is 0 Å². The van der Waals surface area contributed by atoms with Crippen molar-refractivity contribution in [3.8, 4) is 0 Å². The van der Waals surface area contributed by atoms with E-state index in [1.54, 1.807) is 24.5 Å². The zero-order valence-electron chi connectivity index (χ0n) is 13.0. The molecule has 0 radical (unpaired) electrons. The normalized spacial score (nSPS) is 17.0. The molecule has 1 unspecified atom stereocenters. The Labute approximate surface area is 141 Å². The summed E-state index contributed by atoms with van der Waals surface area (Å²) >= 11 is 0. The van der Waals surface area contributed by atoms with E-state index >= 15 is 0 Å². The fourth-order valence-electron chi connectivity index (χ4n) is 2.67. The molecule has 0 spiro atoms. The number of halogens is 3. The molecule has 8 heteroatoms. The molecule has 1 N–H and O–H groups in total. The zero-order chi connectivity index (χ0) is 18.0. The molecule has 1 atom stereocenters. The topological polar surface area (TPSA) is 62.3 Å². The summed E-state index contributed by atoms with van der Waals surface area (Å²) in [5.41, 5.74) is 0.476. The van der Waals surface area contributed by atoms with Crippen LogP contribution >= 0.6 is 0 Å². The lowest BCUT2D eigenvalue weighted by atomic mass is 10.1. The molecular weight excluding hydrogens is 335 g/mol. The van der Waals surface area contributed by atoms with E-state index in [0.29, 0.717) is 0 Å². The van der Waals surface area contributed by atoms with Crippen LogP contribution in [0.25, 0.3) is 0 Å². The lowest BCUT2D eigenvalue weighted by molar-refractivity contribution is -0.126. The van der Waals surface area contributed by atoms with Gasteiger partial charge in [-0.2, -0.15) is 0 Å². The van der Waals surface area contributed by atoms with Crippen LogP contribution in [-0.2, 0) is 16.1 Å². The standard InChI is InChI=1S/C17H14F3N3O2/c18-12-1-2-13(16(20)15(12)19)23-9-11(7-14(23)24)17(25)22-8-10-3-5-21-6-4-10/h1-6,11H,7-9H2,(H,22,25). The number of aromatic nitrogens is 1. The van der Waals surface area contributed by atoms with Crippen LogP contribution in [0.3, 0.4) is 0 Å². The largest absolute Gasteiger partial charge is 0.352 e. The Bertz CT molecular complexity index is 814. The highest BCUT2D eigenvalue weighted by atomic mass is 19.2. The van der Waals surface area contributed by atoms with E-state index in [2.05, 4.69) is 10.3 Å². The van der Waals surface area contributed by atoms with Gasteiger partial charge in [-0.3, -0.25) is 14.6 Å². The minimum absolute atomic E-state index is 0.0942. The van der Waals surface area contributed by atoms with Gasteiger partial charge < -0.3 is 10.2 Å². The summed E-state index contributed by atoms with van der Waals surface area (Å²) in [6, 6.07) is 5.22. The Hall–Kier alpha value is -2.90. The van der Waals surface area contributed by atoms with E-state index in [4.69, 9.17) is 0 Å². The number of nitrogens with one attached hydrogen (secondary N) is 1. The number of rotatable bonds is 4. The highest BCUT2D eigenvalue weighted by Gasteiger charge is 2.36. The molecule has 1 fully saturated rings. The van der Waals surface area contributed by atoms with Crippen molar-refractivity contribution in [3.63, 3.8) is 0 Å². The molecular formula is C17H14F3N3O2. The maximum atomic E-state index is 13.9. The van der Waals surface area contributed by atoms with Crippen LogP contribution < -0.4 is 10.2 Å². The van der Waals surface area contributed by atoms with Crippen molar-refractivity contribution in [1.82, 2.24) is 10.3 Å². The van der Waals surface area contributed by atoms with E-state index in [-0.39, 0.29) is 31.1 Å². The summed E-state index contributed by atoms with van der Waals surface area (Å²) in [7, 11) is 0. The van der Waals surface area contributed by atoms with Crippen LogP contribution in [0, 0.1) is 23.4 Å². The molecule has 1 aromatic carbocycles. The third-order valence-electron chi connectivity index (χ3n) is 4.02. The first-order valence-corrected chi connectivity index (χ1v) is 7.58. The summed E-state index contributed by atoms with van der Waals surface area (Å²) < 4.78 is 40.3. The molecule has 5 nitrogen and oxygen atoms in total. The quantitative estimate of drug-likeness (QED) is 0.861. The van der Waals surface area contributed by atoms with E-state index in [9.17, 15) is 22.8 Å². The SMILES string of the molecule is O=C(NCc1ccncc1)C1CC(=O)N(c2ccc(F)c(F)c2F)C1. The first-order chi connectivity index (χ1) is 12.0. The van der Waals surface area contributed by atoms with Crippen molar-refractivity contribution in [1.29, 1.82) is 0 Å². The maximum Gasteiger partial charge on any atom is 0.227 e. The highest BCUT2D eigenvalue weighted by Crippen LogP contribution is 2.29. The molecule has 2 heterocycles. The second-order valence-corrected chi connectivity index (χ2v) is 5.67. The van der Waals surface area contributed by atoms with Crippen LogP contribution in [0.2, 0.25) is 0 Å². The Balaban J connectivity index is 1.68. The van der Waals surface area contributed by atoms with Gasteiger partial charge in [-0.25, -0.2) is 13.2 Å². The zero-order valence-corrected chi connectivity index (χ0v) is 13.0. The smallest absolute Gasteiger partial charge is 0.227 e. The van der Waals surface area contributed by atoms with Crippen molar-refractivity contribution < 1.29 is 22.8 Å². The van der Waals surface area contributed by atoms with Gasteiger partial charge in [0.1, 0.15) is 0 Å². The van der Waals surface area contributed by atoms with Gasteiger partial charge >= 0.3 is 0 Å². The van der Waals surface area contributed by atoms with Gasteiger partial charge in [-0.15, -0.1) is 0 Å². The van der Waals surface area contributed by atoms with Crippen molar-refractivity contribution >= 4 is 17.5 Å². The van der Waals surface area contributed by atoms with Gasteiger partial charge in [0.05, 0.1) is 11.6 Å². The number of pyridine rings is 1. The molecule has 3 rings (SSSR count). The molecule has 0 aliphatic carbocycles. The third kappa shape index (κ3) is 3.47. The van der Waals surface area contributed by atoms with Crippen LogP contribution in [0.15, 0.2) is 36.7 Å². The van der Waals surface area contributed by atoms with E-state index in [0.717, 1.165) is 22.6 Å². The summed E-state index contributed by atoms with van der Waals surface area (Å²) in [6.45, 7) is 0.175. The first kappa shape index (κ1) is 16.9.